The average Bonchev–Trinajstić information content (AvgIpc) is 2.38. The van der Waals surface area contributed by atoms with Gasteiger partial charge in [0.2, 0.25) is 0 Å². The Morgan fingerprint density at radius 1 is 1.32 bits per heavy atom. The molecule has 0 bridgehead atoms. The number of hydrogen-bond donors (Lipinski definition) is 1. The second-order valence-electron chi connectivity index (χ2n) is 4.04. The molecule has 1 N–H and O–H groups in total. The van der Waals surface area contributed by atoms with Crippen molar-refractivity contribution in [1.82, 2.24) is 9.97 Å². The number of hydrogen-bond acceptors (Lipinski definition) is 5. The molecule has 0 atom stereocenters. The van der Waals surface area contributed by atoms with Gasteiger partial charge in [-0.05, 0) is 12.8 Å². The van der Waals surface area contributed by atoms with Crippen molar-refractivity contribution in [2.45, 2.75) is 30.8 Å². The van der Waals surface area contributed by atoms with E-state index in [-0.39, 0.29) is 11.3 Å². The van der Waals surface area contributed by atoms with Gasteiger partial charge in [-0.2, -0.15) is 0 Å². The molecule has 0 radical (unpaired) electrons. The van der Waals surface area contributed by atoms with Gasteiger partial charge in [-0.25, -0.2) is 13.4 Å². The smallest absolute Gasteiger partial charge is 0.251 e. The first kappa shape index (κ1) is 16.0. The molecule has 19 heavy (non-hydrogen) atoms. The molecule has 1 heterocycles. The van der Waals surface area contributed by atoms with Gasteiger partial charge < -0.3 is 4.98 Å². The summed E-state index contributed by atoms with van der Waals surface area (Å²) in [6, 6.07) is 1.38. The summed E-state index contributed by atoms with van der Waals surface area (Å²) in [7, 11) is -3.05. The molecule has 1 aromatic heterocycles. The maximum absolute atomic E-state index is 11.1. The molecule has 0 aliphatic heterocycles. The third-order valence-electron chi connectivity index (χ3n) is 2.46. The van der Waals surface area contributed by atoms with Crippen LogP contribution in [0.25, 0.3) is 0 Å². The van der Waals surface area contributed by atoms with Gasteiger partial charge in [0, 0.05) is 23.4 Å². The van der Waals surface area contributed by atoms with Crippen LogP contribution in [-0.2, 0) is 9.84 Å². The standard InChI is InChI=1S/C12H18N2O3S2/c1-2-19(16,17)10-6-4-3-5-9-18-12-13-8-7-11(15)14-12/h2,7-8H,1,3-6,9-10H2,(H,13,14,15). The van der Waals surface area contributed by atoms with Crippen molar-refractivity contribution in [3.63, 3.8) is 0 Å². The summed E-state index contributed by atoms with van der Waals surface area (Å²) < 4.78 is 22.3. The minimum atomic E-state index is -3.05. The fourth-order valence-corrected chi connectivity index (χ4v) is 3.06. The molecule has 5 nitrogen and oxygen atoms in total. The zero-order valence-corrected chi connectivity index (χ0v) is 12.3. The Kier molecular flexibility index (Phi) is 6.86. The van der Waals surface area contributed by atoms with Crippen molar-refractivity contribution in [3.8, 4) is 0 Å². The van der Waals surface area contributed by atoms with Crippen LogP contribution in [0.4, 0.5) is 0 Å². The third-order valence-corrected chi connectivity index (χ3v) is 4.80. The summed E-state index contributed by atoms with van der Waals surface area (Å²) in [4.78, 5) is 17.7. The molecule has 106 valence electrons. The molecular weight excluding hydrogens is 284 g/mol. The first-order valence-electron chi connectivity index (χ1n) is 6.07. The molecule has 0 fully saturated rings. The van der Waals surface area contributed by atoms with Crippen LogP contribution < -0.4 is 5.56 Å². The van der Waals surface area contributed by atoms with Crippen LogP contribution in [0.1, 0.15) is 25.7 Å². The number of sulfone groups is 1. The lowest BCUT2D eigenvalue weighted by Gasteiger charge is -2.01. The van der Waals surface area contributed by atoms with E-state index >= 15 is 0 Å². The van der Waals surface area contributed by atoms with E-state index in [2.05, 4.69) is 16.5 Å². The summed E-state index contributed by atoms with van der Waals surface area (Å²) in [6.07, 6.45) is 4.97. The quantitative estimate of drug-likeness (QED) is 0.428. The highest BCUT2D eigenvalue weighted by Gasteiger charge is 2.03. The van der Waals surface area contributed by atoms with Gasteiger partial charge in [-0.15, -0.1) is 0 Å². The highest BCUT2D eigenvalue weighted by molar-refractivity contribution is 7.99. The van der Waals surface area contributed by atoms with Crippen LogP contribution in [0.2, 0.25) is 0 Å². The molecule has 0 aliphatic carbocycles. The Hall–Kier alpha value is -1.08. The van der Waals surface area contributed by atoms with Crippen molar-refractivity contribution < 1.29 is 8.42 Å². The third kappa shape index (κ3) is 7.17. The molecular formula is C12H18N2O3S2. The SMILES string of the molecule is C=CS(=O)(=O)CCCCCCSc1nccc(=O)[nH]1. The summed E-state index contributed by atoms with van der Waals surface area (Å²) in [5.41, 5.74) is -0.146. The van der Waals surface area contributed by atoms with Crippen LogP contribution in [0.5, 0.6) is 0 Å². The van der Waals surface area contributed by atoms with E-state index in [1.807, 2.05) is 0 Å². The lowest BCUT2D eigenvalue weighted by molar-refractivity contribution is 0.597. The van der Waals surface area contributed by atoms with Crippen molar-refractivity contribution >= 4 is 21.6 Å². The zero-order chi connectivity index (χ0) is 14.1. The molecule has 0 unspecified atom stereocenters. The molecule has 7 heteroatoms. The molecule has 0 spiro atoms. The highest BCUT2D eigenvalue weighted by Crippen LogP contribution is 2.13. The van der Waals surface area contributed by atoms with E-state index in [0.29, 0.717) is 11.6 Å². The summed E-state index contributed by atoms with van der Waals surface area (Å²) in [5, 5.41) is 1.64. The number of nitrogens with zero attached hydrogens (tertiary/aromatic N) is 1. The number of aromatic amines is 1. The molecule has 0 saturated carbocycles. The maximum Gasteiger partial charge on any atom is 0.251 e. The Labute approximate surface area is 117 Å². The predicted molar refractivity (Wildman–Crippen MR) is 78.0 cm³/mol. The van der Waals surface area contributed by atoms with Crippen LogP contribution in [0.15, 0.2) is 34.2 Å². The molecule has 1 rings (SSSR count). The van der Waals surface area contributed by atoms with Crippen molar-refractivity contribution in [3.05, 3.63) is 34.6 Å². The van der Waals surface area contributed by atoms with Crippen LogP contribution in [-0.4, -0.2) is 29.9 Å². The fraction of sp³-hybridized carbons (Fsp3) is 0.500. The maximum atomic E-state index is 11.1. The van der Waals surface area contributed by atoms with Crippen molar-refractivity contribution in [2.24, 2.45) is 0 Å². The molecule has 0 amide bonds. The lowest BCUT2D eigenvalue weighted by Crippen LogP contribution is -2.05. The van der Waals surface area contributed by atoms with E-state index in [1.165, 1.54) is 24.0 Å². The van der Waals surface area contributed by atoms with Gasteiger partial charge in [-0.3, -0.25) is 4.79 Å². The molecule has 0 aliphatic rings. The molecule has 0 saturated heterocycles. The highest BCUT2D eigenvalue weighted by atomic mass is 32.2. The lowest BCUT2D eigenvalue weighted by atomic mass is 10.2. The largest absolute Gasteiger partial charge is 0.301 e. The average molecular weight is 302 g/mol. The summed E-state index contributed by atoms with van der Waals surface area (Å²) in [5.74, 6) is 1.04. The monoisotopic (exact) mass is 302 g/mol. The second kappa shape index (κ2) is 8.16. The van der Waals surface area contributed by atoms with E-state index in [9.17, 15) is 13.2 Å². The number of unbranched alkanes of at least 4 members (excludes halogenated alkanes) is 3. The number of H-pyrrole nitrogens is 1. The fourth-order valence-electron chi connectivity index (χ4n) is 1.44. The summed E-state index contributed by atoms with van der Waals surface area (Å²) >= 11 is 1.50. The predicted octanol–water partition coefficient (Wildman–Crippen LogP) is 1.98. The van der Waals surface area contributed by atoms with Gasteiger partial charge in [0.15, 0.2) is 15.0 Å². The number of thioether (sulfide) groups is 1. The minimum Gasteiger partial charge on any atom is -0.301 e. The van der Waals surface area contributed by atoms with Gasteiger partial charge >= 0.3 is 0 Å². The first-order valence-corrected chi connectivity index (χ1v) is 8.77. The van der Waals surface area contributed by atoms with Gasteiger partial charge in [0.25, 0.3) is 5.56 Å². The van der Waals surface area contributed by atoms with Crippen molar-refractivity contribution in [2.75, 3.05) is 11.5 Å². The van der Waals surface area contributed by atoms with Gasteiger partial charge in [0.05, 0.1) is 5.75 Å². The van der Waals surface area contributed by atoms with E-state index in [1.54, 1.807) is 0 Å². The van der Waals surface area contributed by atoms with Crippen molar-refractivity contribution in [1.29, 1.82) is 0 Å². The van der Waals surface area contributed by atoms with Gasteiger partial charge in [-0.1, -0.05) is 31.2 Å². The molecule has 0 aromatic carbocycles. The van der Waals surface area contributed by atoms with E-state index in [4.69, 9.17) is 0 Å². The van der Waals surface area contributed by atoms with Crippen LogP contribution in [0.3, 0.4) is 0 Å². The Morgan fingerprint density at radius 3 is 2.74 bits per heavy atom. The van der Waals surface area contributed by atoms with Gasteiger partial charge in [0.1, 0.15) is 0 Å². The number of aromatic nitrogens is 2. The van der Waals surface area contributed by atoms with E-state index < -0.39 is 9.84 Å². The zero-order valence-electron chi connectivity index (χ0n) is 10.7. The first-order chi connectivity index (χ1) is 9.03. The second-order valence-corrected chi connectivity index (χ2v) is 7.19. The number of rotatable bonds is 9. The topological polar surface area (TPSA) is 79.9 Å². The molecule has 1 aromatic rings. The Morgan fingerprint density at radius 2 is 2.05 bits per heavy atom. The number of nitrogens with one attached hydrogen (secondary N) is 1. The normalized spacial score (nSPS) is 11.4. The Balaban J connectivity index is 2.09. The van der Waals surface area contributed by atoms with E-state index in [0.717, 1.165) is 30.4 Å². The minimum absolute atomic E-state index is 0.146. The summed E-state index contributed by atoms with van der Waals surface area (Å²) in [6.45, 7) is 3.27. The van der Waals surface area contributed by atoms with Crippen LogP contribution >= 0.6 is 11.8 Å². The van der Waals surface area contributed by atoms with Crippen LogP contribution in [0, 0.1) is 0 Å². The Bertz CT molecular complexity index is 552.